The number of benzene rings is 1. The average Bonchev–Trinajstić information content (AvgIpc) is 2.71. The van der Waals surface area contributed by atoms with Gasteiger partial charge in [0.15, 0.2) is 5.16 Å². The maximum absolute atomic E-state index is 10.3. The van der Waals surface area contributed by atoms with E-state index in [0.29, 0.717) is 11.8 Å². The number of hydrogen-bond donors (Lipinski definition) is 2. The second-order valence-electron chi connectivity index (χ2n) is 3.41. The molecule has 0 saturated heterocycles. The lowest BCUT2D eigenvalue weighted by molar-refractivity contribution is -0.131. The summed E-state index contributed by atoms with van der Waals surface area (Å²) >= 11 is 1.22. The van der Waals surface area contributed by atoms with Crippen LogP contribution in [0.2, 0.25) is 0 Å². The van der Waals surface area contributed by atoms with Crippen LogP contribution in [0.1, 0.15) is 6.92 Å². The number of H-pyrrole nitrogens is 1. The normalized spacial score (nSPS) is 11.2. The summed E-state index contributed by atoms with van der Waals surface area (Å²) in [5.74, 6) is -0.191. The molecule has 1 heterocycles. The number of aliphatic carboxylic acids is 1. The van der Waals surface area contributed by atoms with Crippen LogP contribution in [0.5, 0.6) is 5.75 Å². The lowest BCUT2D eigenvalue weighted by atomic mass is 10.3. The summed E-state index contributed by atoms with van der Waals surface area (Å²) in [7, 11) is 0. The zero-order valence-corrected chi connectivity index (χ0v) is 10.5. The van der Waals surface area contributed by atoms with E-state index in [-0.39, 0.29) is 0 Å². The van der Waals surface area contributed by atoms with Crippen molar-refractivity contribution in [3.63, 3.8) is 0 Å². The summed E-state index contributed by atoms with van der Waals surface area (Å²) in [5.41, 5.74) is 1.69. The molecule has 6 heteroatoms. The molecule has 94 valence electrons. The summed E-state index contributed by atoms with van der Waals surface area (Å²) in [6, 6.07) is 5.59. The highest BCUT2D eigenvalue weighted by Crippen LogP contribution is 2.23. The van der Waals surface area contributed by atoms with E-state index in [1.165, 1.54) is 17.2 Å². The van der Waals surface area contributed by atoms with Crippen LogP contribution in [0.15, 0.2) is 34.8 Å². The molecule has 0 aliphatic carbocycles. The van der Waals surface area contributed by atoms with E-state index in [2.05, 4.69) is 9.97 Å². The number of imidazole rings is 1. The Bertz CT molecular complexity index is 592. The Morgan fingerprint density at radius 2 is 2.44 bits per heavy atom. The highest BCUT2D eigenvalue weighted by molar-refractivity contribution is 8.02. The second kappa shape index (κ2) is 5.59. The molecule has 0 aliphatic rings. The minimum atomic E-state index is -0.975. The fraction of sp³-hybridized carbons (Fsp3) is 0.167. The van der Waals surface area contributed by atoms with Gasteiger partial charge in [-0.2, -0.15) is 0 Å². The van der Waals surface area contributed by atoms with Gasteiger partial charge in [0.1, 0.15) is 5.75 Å². The Morgan fingerprint density at radius 1 is 1.61 bits per heavy atom. The van der Waals surface area contributed by atoms with Gasteiger partial charge in [-0.05, 0) is 24.5 Å². The molecule has 18 heavy (non-hydrogen) atoms. The third-order valence-corrected chi connectivity index (χ3v) is 2.82. The van der Waals surface area contributed by atoms with Crippen LogP contribution >= 0.6 is 11.8 Å². The van der Waals surface area contributed by atoms with Crippen molar-refractivity contribution in [3.8, 4) is 5.75 Å². The number of aromatic nitrogens is 2. The fourth-order valence-corrected chi connectivity index (χ4v) is 2.07. The van der Waals surface area contributed by atoms with E-state index in [0.717, 1.165) is 22.9 Å². The van der Waals surface area contributed by atoms with Gasteiger partial charge in [-0.3, -0.25) is 0 Å². The lowest BCUT2D eigenvalue weighted by Crippen LogP contribution is -1.90. The second-order valence-corrected chi connectivity index (χ2v) is 4.31. The molecule has 0 spiro atoms. The van der Waals surface area contributed by atoms with Crippen molar-refractivity contribution in [2.45, 2.75) is 12.1 Å². The number of carbonyl (C=O) groups is 1. The molecule has 2 rings (SSSR count). The third kappa shape index (κ3) is 3.04. The topological polar surface area (TPSA) is 75.2 Å². The highest BCUT2D eigenvalue weighted by Gasteiger charge is 2.03. The number of aromatic amines is 1. The first-order valence-electron chi connectivity index (χ1n) is 5.37. The molecule has 0 amide bonds. The van der Waals surface area contributed by atoms with Crippen LogP contribution < -0.4 is 4.74 Å². The van der Waals surface area contributed by atoms with Crippen molar-refractivity contribution in [3.05, 3.63) is 29.7 Å². The number of carboxylic acid groups (broad SMARTS) is 1. The molecular formula is C12H12N2O3S. The van der Waals surface area contributed by atoms with Gasteiger partial charge in [0, 0.05) is 12.1 Å². The Morgan fingerprint density at radius 3 is 3.17 bits per heavy atom. The number of nitrogens with one attached hydrogen (secondary N) is 1. The average molecular weight is 264 g/mol. The Labute approximate surface area is 108 Å². The Kier molecular flexibility index (Phi) is 3.88. The summed E-state index contributed by atoms with van der Waals surface area (Å²) in [6.07, 6.45) is 1.07. The molecule has 0 atom stereocenters. The van der Waals surface area contributed by atoms with Crippen LogP contribution in [-0.4, -0.2) is 27.7 Å². The first-order valence-corrected chi connectivity index (χ1v) is 6.25. The van der Waals surface area contributed by atoms with Crippen LogP contribution in [0, 0.1) is 0 Å². The van der Waals surface area contributed by atoms with Gasteiger partial charge < -0.3 is 14.8 Å². The third-order valence-electron chi connectivity index (χ3n) is 2.13. The van der Waals surface area contributed by atoms with Crippen molar-refractivity contribution in [2.75, 3.05) is 6.61 Å². The number of carboxylic acids is 1. The Balaban J connectivity index is 2.19. The largest absolute Gasteiger partial charge is 0.494 e. The van der Waals surface area contributed by atoms with Gasteiger partial charge in [-0.1, -0.05) is 11.8 Å². The van der Waals surface area contributed by atoms with E-state index in [1.807, 2.05) is 25.1 Å². The van der Waals surface area contributed by atoms with Crippen molar-refractivity contribution in [1.82, 2.24) is 9.97 Å². The number of fused-ring (bicyclic) bond motifs is 1. The predicted molar refractivity (Wildman–Crippen MR) is 69.9 cm³/mol. The zero-order valence-electron chi connectivity index (χ0n) is 9.71. The molecular weight excluding hydrogens is 252 g/mol. The van der Waals surface area contributed by atoms with E-state index in [1.54, 1.807) is 0 Å². The molecule has 2 N–H and O–H groups in total. The molecule has 1 aromatic heterocycles. The Hall–Kier alpha value is -1.95. The molecule has 0 unspecified atom stereocenters. The summed E-state index contributed by atoms with van der Waals surface area (Å²) < 4.78 is 5.39. The molecule has 0 fully saturated rings. The molecule has 0 radical (unpaired) electrons. The highest BCUT2D eigenvalue weighted by atomic mass is 32.2. The van der Waals surface area contributed by atoms with Gasteiger partial charge in [-0.15, -0.1) is 0 Å². The van der Waals surface area contributed by atoms with Crippen molar-refractivity contribution < 1.29 is 14.6 Å². The molecule has 1 aromatic carbocycles. The molecule has 0 bridgehead atoms. The van der Waals surface area contributed by atoms with Gasteiger partial charge >= 0.3 is 5.97 Å². The van der Waals surface area contributed by atoms with Gasteiger partial charge in [0.2, 0.25) is 0 Å². The minimum Gasteiger partial charge on any atom is -0.494 e. The van der Waals surface area contributed by atoms with Gasteiger partial charge in [0.25, 0.3) is 0 Å². The number of rotatable bonds is 5. The molecule has 2 aromatic rings. The summed E-state index contributed by atoms with van der Waals surface area (Å²) in [6.45, 7) is 2.54. The maximum Gasteiger partial charge on any atom is 0.328 e. The molecule has 5 nitrogen and oxygen atoms in total. The molecule has 0 saturated carbocycles. The molecule has 0 aliphatic heterocycles. The van der Waals surface area contributed by atoms with Crippen LogP contribution in [-0.2, 0) is 4.79 Å². The number of hydrogen-bond acceptors (Lipinski definition) is 4. The minimum absolute atomic E-state index is 0.614. The summed E-state index contributed by atoms with van der Waals surface area (Å²) in [4.78, 5) is 17.7. The number of thioether (sulfide) groups is 1. The first-order chi connectivity index (χ1) is 8.69. The number of ether oxygens (including phenoxy) is 1. The zero-order chi connectivity index (χ0) is 13.0. The predicted octanol–water partition coefficient (Wildman–Crippen LogP) is 2.65. The van der Waals surface area contributed by atoms with Crippen LogP contribution in [0.25, 0.3) is 11.0 Å². The van der Waals surface area contributed by atoms with Crippen LogP contribution in [0.4, 0.5) is 0 Å². The number of nitrogens with zero attached hydrogens (tertiary/aromatic N) is 1. The van der Waals surface area contributed by atoms with Crippen LogP contribution in [0.3, 0.4) is 0 Å². The lowest BCUT2D eigenvalue weighted by Gasteiger charge is -2.00. The maximum atomic E-state index is 10.3. The fourth-order valence-electron chi connectivity index (χ4n) is 1.43. The first kappa shape index (κ1) is 12.5. The van der Waals surface area contributed by atoms with Crippen molar-refractivity contribution in [2.24, 2.45) is 0 Å². The van der Waals surface area contributed by atoms with E-state index in [9.17, 15) is 4.79 Å². The van der Waals surface area contributed by atoms with Gasteiger partial charge in [0.05, 0.1) is 17.6 Å². The van der Waals surface area contributed by atoms with Crippen molar-refractivity contribution >= 4 is 28.8 Å². The standard InChI is InChI=1S/C12H12N2O3S/c1-2-17-8-3-4-9-10(7-8)14-12(13-9)18-6-5-11(15)16/h3-7H,2H2,1H3,(H,13,14)(H,15,16). The SMILES string of the molecule is CCOc1ccc2nc(SC=CC(=O)O)[nH]c2c1. The monoisotopic (exact) mass is 264 g/mol. The smallest absolute Gasteiger partial charge is 0.328 e. The van der Waals surface area contributed by atoms with E-state index in [4.69, 9.17) is 9.84 Å². The quantitative estimate of drug-likeness (QED) is 0.641. The van der Waals surface area contributed by atoms with E-state index >= 15 is 0 Å². The van der Waals surface area contributed by atoms with Gasteiger partial charge in [-0.25, -0.2) is 9.78 Å². The van der Waals surface area contributed by atoms with E-state index < -0.39 is 5.97 Å². The summed E-state index contributed by atoms with van der Waals surface area (Å²) in [5, 5.41) is 10.6. The van der Waals surface area contributed by atoms with Crippen molar-refractivity contribution in [1.29, 1.82) is 0 Å².